The molecule has 1 aliphatic heterocycles. The summed E-state index contributed by atoms with van der Waals surface area (Å²) in [6, 6.07) is -0.0150. The number of nitrogens with zero attached hydrogens (tertiary/aromatic N) is 1. The van der Waals surface area contributed by atoms with E-state index in [2.05, 4.69) is 0 Å². The third-order valence-electron chi connectivity index (χ3n) is 3.13. The molecule has 72 valence electrons. The molecule has 0 aromatic rings. The van der Waals surface area contributed by atoms with Gasteiger partial charge in [0.25, 0.3) is 0 Å². The van der Waals surface area contributed by atoms with Crippen LogP contribution in [0.4, 0.5) is 4.79 Å². The third kappa shape index (κ3) is 1.30. The monoisotopic (exact) mass is 183 g/mol. The van der Waals surface area contributed by atoms with Crippen LogP contribution in [0.5, 0.6) is 0 Å². The minimum atomic E-state index is -0.873. The van der Waals surface area contributed by atoms with Crippen molar-refractivity contribution in [1.82, 2.24) is 4.90 Å². The van der Waals surface area contributed by atoms with Crippen molar-refractivity contribution in [1.29, 1.82) is 0 Å². The highest BCUT2D eigenvalue weighted by atomic mass is 16.4. The second-order valence-electron chi connectivity index (χ2n) is 3.80. The molecule has 1 saturated carbocycles. The van der Waals surface area contributed by atoms with Crippen LogP contribution in [0.15, 0.2) is 0 Å². The number of hydrogen-bond donors (Lipinski definition) is 1. The van der Waals surface area contributed by atoms with E-state index >= 15 is 0 Å². The fraction of sp³-hybridized carbons (Fsp3) is 0.778. The maximum atomic E-state index is 11.4. The van der Waals surface area contributed by atoms with E-state index in [0.717, 1.165) is 19.3 Å². The van der Waals surface area contributed by atoms with Crippen LogP contribution in [0.2, 0.25) is 0 Å². The molecule has 1 N–H and O–H groups in total. The number of hydrogen-bond acceptors (Lipinski definition) is 2. The molecule has 13 heavy (non-hydrogen) atoms. The van der Waals surface area contributed by atoms with Gasteiger partial charge in [0.1, 0.15) is 5.78 Å². The van der Waals surface area contributed by atoms with Crippen LogP contribution in [0.25, 0.3) is 0 Å². The molecule has 0 bridgehead atoms. The predicted molar refractivity (Wildman–Crippen MR) is 45.5 cm³/mol. The molecule has 0 radical (unpaired) electrons. The Morgan fingerprint density at radius 3 is 2.92 bits per heavy atom. The molecule has 2 unspecified atom stereocenters. The first-order valence-corrected chi connectivity index (χ1v) is 4.72. The molecule has 2 rings (SSSR count). The van der Waals surface area contributed by atoms with Crippen LogP contribution in [0, 0.1) is 5.92 Å². The molecule has 1 saturated heterocycles. The number of amides is 1. The smallest absolute Gasteiger partial charge is 0.407 e. The van der Waals surface area contributed by atoms with Crippen LogP contribution in [0.1, 0.15) is 25.7 Å². The van der Waals surface area contributed by atoms with E-state index < -0.39 is 6.09 Å². The Kier molecular flexibility index (Phi) is 1.98. The number of carbonyl (C=O) groups is 2. The van der Waals surface area contributed by atoms with Crippen molar-refractivity contribution in [2.45, 2.75) is 31.7 Å². The van der Waals surface area contributed by atoms with Crippen LogP contribution >= 0.6 is 0 Å². The fourth-order valence-electron chi connectivity index (χ4n) is 2.49. The quantitative estimate of drug-likeness (QED) is 0.612. The van der Waals surface area contributed by atoms with Gasteiger partial charge < -0.3 is 10.0 Å². The second-order valence-corrected chi connectivity index (χ2v) is 3.80. The van der Waals surface area contributed by atoms with E-state index in [1.165, 1.54) is 4.90 Å². The standard InChI is InChI=1S/C9H13NO3/c11-8-3-1-2-7-6(8)4-5-10(7)9(12)13/h6-7H,1-5H2,(H,12,13). The minimum absolute atomic E-state index is 0.00449. The zero-order valence-electron chi connectivity index (χ0n) is 7.40. The normalized spacial score (nSPS) is 33.2. The Labute approximate surface area is 76.5 Å². The summed E-state index contributed by atoms with van der Waals surface area (Å²) in [5.41, 5.74) is 0. The Bertz CT molecular complexity index is 245. The van der Waals surface area contributed by atoms with Crippen LogP contribution in [-0.4, -0.2) is 34.5 Å². The maximum Gasteiger partial charge on any atom is 0.407 e. The summed E-state index contributed by atoms with van der Waals surface area (Å²) in [6.07, 6.45) is 2.22. The van der Waals surface area contributed by atoms with Crippen molar-refractivity contribution in [2.75, 3.05) is 6.54 Å². The number of carbonyl (C=O) groups excluding carboxylic acids is 1. The second kappa shape index (κ2) is 3.01. The van der Waals surface area contributed by atoms with Gasteiger partial charge in [0, 0.05) is 24.9 Å². The summed E-state index contributed by atoms with van der Waals surface area (Å²) in [5.74, 6) is 0.268. The molecule has 2 fully saturated rings. The van der Waals surface area contributed by atoms with Crippen molar-refractivity contribution in [3.8, 4) is 0 Å². The Hall–Kier alpha value is -1.06. The van der Waals surface area contributed by atoms with Crippen molar-refractivity contribution in [2.24, 2.45) is 5.92 Å². The zero-order valence-corrected chi connectivity index (χ0v) is 7.40. The molecule has 2 aliphatic rings. The molecule has 0 spiro atoms. The molecule has 1 heterocycles. The van der Waals surface area contributed by atoms with E-state index in [0.29, 0.717) is 13.0 Å². The van der Waals surface area contributed by atoms with E-state index in [4.69, 9.17) is 5.11 Å². The van der Waals surface area contributed by atoms with E-state index in [-0.39, 0.29) is 17.7 Å². The highest BCUT2D eigenvalue weighted by Crippen LogP contribution is 2.33. The predicted octanol–water partition coefficient (Wildman–Crippen LogP) is 1.11. The van der Waals surface area contributed by atoms with Crippen molar-refractivity contribution in [3.63, 3.8) is 0 Å². The summed E-state index contributed by atoms with van der Waals surface area (Å²) in [4.78, 5) is 23.6. The number of likely N-dealkylation sites (tertiary alicyclic amines) is 1. The van der Waals surface area contributed by atoms with Gasteiger partial charge in [-0.15, -0.1) is 0 Å². The van der Waals surface area contributed by atoms with Crippen LogP contribution in [-0.2, 0) is 4.79 Å². The van der Waals surface area contributed by atoms with Gasteiger partial charge in [-0.05, 0) is 19.3 Å². The van der Waals surface area contributed by atoms with Crippen molar-refractivity contribution in [3.05, 3.63) is 0 Å². The van der Waals surface area contributed by atoms with Gasteiger partial charge in [-0.1, -0.05) is 0 Å². The number of carboxylic acid groups (broad SMARTS) is 1. The summed E-state index contributed by atoms with van der Waals surface area (Å²) in [6.45, 7) is 0.538. The third-order valence-corrected chi connectivity index (χ3v) is 3.13. The molecule has 4 nitrogen and oxygen atoms in total. The molecule has 1 amide bonds. The SMILES string of the molecule is O=C1CCCC2C1CCN2C(=O)O. The lowest BCUT2D eigenvalue weighted by Gasteiger charge is -2.28. The molecule has 1 aliphatic carbocycles. The fourth-order valence-corrected chi connectivity index (χ4v) is 2.49. The molecule has 0 aromatic carbocycles. The van der Waals surface area contributed by atoms with Gasteiger partial charge in [-0.2, -0.15) is 0 Å². The van der Waals surface area contributed by atoms with Crippen LogP contribution in [0.3, 0.4) is 0 Å². The Morgan fingerprint density at radius 1 is 1.46 bits per heavy atom. The molecule has 4 heteroatoms. The van der Waals surface area contributed by atoms with E-state index in [9.17, 15) is 9.59 Å². The lowest BCUT2D eigenvalue weighted by molar-refractivity contribution is -0.125. The van der Waals surface area contributed by atoms with Gasteiger partial charge in [0.15, 0.2) is 0 Å². The van der Waals surface area contributed by atoms with Crippen LogP contribution < -0.4 is 0 Å². The summed E-state index contributed by atoms with van der Waals surface area (Å²) >= 11 is 0. The lowest BCUT2D eigenvalue weighted by atomic mass is 9.84. The van der Waals surface area contributed by atoms with Gasteiger partial charge >= 0.3 is 6.09 Å². The van der Waals surface area contributed by atoms with Crippen molar-refractivity contribution < 1.29 is 14.7 Å². The lowest BCUT2D eigenvalue weighted by Crippen LogP contribution is -2.41. The molecule has 2 atom stereocenters. The largest absolute Gasteiger partial charge is 0.465 e. The summed E-state index contributed by atoms with van der Waals surface area (Å²) < 4.78 is 0. The topological polar surface area (TPSA) is 57.6 Å². The average Bonchev–Trinajstić information content (AvgIpc) is 2.48. The van der Waals surface area contributed by atoms with Crippen molar-refractivity contribution >= 4 is 11.9 Å². The summed E-state index contributed by atoms with van der Waals surface area (Å²) in [5, 5.41) is 8.85. The first kappa shape index (κ1) is 8.53. The first-order valence-electron chi connectivity index (χ1n) is 4.72. The van der Waals surface area contributed by atoms with Gasteiger partial charge in [0.05, 0.1) is 0 Å². The molecule has 0 aromatic heterocycles. The van der Waals surface area contributed by atoms with Gasteiger partial charge in [-0.3, -0.25) is 4.79 Å². The van der Waals surface area contributed by atoms with Gasteiger partial charge in [-0.25, -0.2) is 4.79 Å². The minimum Gasteiger partial charge on any atom is -0.465 e. The number of ketones is 1. The van der Waals surface area contributed by atoms with E-state index in [1.807, 2.05) is 0 Å². The molecular formula is C9H13NO3. The zero-order chi connectivity index (χ0) is 9.42. The highest BCUT2D eigenvalue weighted by molar-refractivity contribution is 5.84. The number of Topliss-reactive ketones (excluding diaryl/α,β-unsaturated/α-hetero) is 1. The van der Waals surface area contributed by atoms with Gasteiger partial charge in [0.2, 0.25) is 0 Å². The summed E-state index contributed by atoms with van der Waals surface area (Å²) in [7, 11) is 0. The van der Waals surface area contributed by atoms with E-state index in [1.54, 1.807) is 0 Å². The highest BCUT2D eigenvalue weighted by Gasteiger charge is 2.42. The number of rotatable bonds is 0. The molecular weight excluding hydrogens is 170 g/mol. The Morgan fingerprint density at radius 2 is 2.23 bits per heavy atom. The maximum absolute atomic E-state index is 11.4. The first-order chi connectivity index (χ1) is 6.20. The Balaban J connectivity index is 2.14. The number of fused-ring (bicyclic) bond motifs is 1. The average molecular weight is 183 g/mol.